The van der Waals surface area contributed by atoms with Gasteiger partial charge in [-0.1, -0.05) is 42.8 Å². The molecule has 0 saturated carbocycles. The van der Waals surface area contributed by atoms with E-state index >= 15 is 0 Å². The van der Waals surface area contributed by atoms with E-state index in [1.165, 1.54) is 15.7 Å². The zero-order valence-corrected chi connectivity index (χ0v) is 14.2. The normalized spacial score (nSPS) is 19.6. The van der Waals surface area contributed by atoms with E-state index in [0.717, 1.165) is 32.7 Å². The van der Waals surface area contributed by atoms with Crippen molar-refractivity contribution >= 4 is 21.6 Å². The highest BCUT2D eigenvalue weighted by molar-refractivity contribution is 9.10. The molecule has 1 heterocycles. The first-order valence-electron chi connectivity index (χ1n) is 7.48. The van der Waals surface area contributed by atoms with Crippen LogP contribution in [0.5, 0.6) is 0 Å². The van der Waals surface area contributed by atoms with E-state index in [9.17, 15) is 0 Å². The predicted octanol–water partition coefficient (Wildman–Crippen LogP) is 3.56. The van der Waals surface area contributed by atoms with E-state index in [1.807, 2.05) is 0 Å². The second-order valence-electron chi connectivity index (χ2n) is 5.64. The fourth-order valence-electron chi connectivity index (χ4n) is 2.51. The molecule has 1 aliphatic heterocycles. The van der Waals surface area contributed by atoms with Crippen LogP contribution in [0, 0.1) is 0 Å². The first-order chi connectivity index (χ1) is 9.61. The molecule has 0 aromatic heterocycles. The Labute approximate surface area is 130 Å². The summed E-state index contributed by atoms with van der Waals surface area (Å²) < 4.78 is 6.76. The molecule has 1 unspecified atom stereocenters. The summed E-state index contributed by atoms with van der Waals surface area (Å²) in [4.78, 5) is 2.47. The van der Waals surface area contributed by atoms with E-state index in [-0.39, 0.29) is 0 Å². The Bertz CT molecular complexity index is 436. The summed E-state index contributed by atoms with van der Waals surface area (Å²) in [5, 5.41) is 3.46. The van der Waals surface area contributed by atoms with Crippen LogP contribution in [-0.2, 0) is 11.3 Å². The molecule has 1 fully saturated rings. The quantitative estimate of drug-likeness (QED) is 0.886. The van der Waals surface area contributed by atoms with Crippen LogP contribution in [0.25, 0.3) is 0 Å². The van der Waals surface area contributed by atoms with Crippen LogP contribution in [0.2, 0.25) is 0 Å². The molecular formula is C16H25BrN2O. The number of morpholine rings is 1. The van der Waals surface area contributed by atoms with Gasteiger partial charge in [0.15, 0.2) is 0 Å². The molecule has 1 N–H and O–H groups in total. The van der Waals surface area contributed by atoms with E-state index in [0.29, 0.717) is 12.1 Å². The van der Waals surface area contributed by atoms with Crippen LogP contribution in [0.15, 0.2) is 22.7 Å². The zero-order chi connectivity index (χ0) is 14.5. The molecule has 20 heavy (non-hydrogen) atoms. The molecule has 2 rings (SSSR count). The van der Waals surface area contributed by atoms with Crippen LogP contribution in [0.4, 0.5) is 5.69 Å². The molecule has 1 aromatic rings. The lowest BCUT2D eigenvalue weighted by Crippen LogP contribution is -2.45. The van der Waals surface area contributed by atoms with E-state index in [2.05, 4.69) is 65.1 Å². The Morgan fingerprint density at radius 1 is 1.45 bits per heavy atom. The van der Waals surface area contributed by atoms with Crippen molar-refractivity contribution in [2.24, 2.45) is 0 Å². The van der Waals surface area contributed by atoms with Gasteiger partial charge in [0.05, 0.1) is 19.3 Å². The molecule has 0 bridgehead atoms. The van der Waals surface area contributed by atoms with Crippen LogP contribution < -0.4 is 10.2 Å². The number of anilines is 1. The lowest BCUT2D eigenvalue weighted by Gasteiger charge is -2.37. The molecule has 1 aromatic carbocycles. The van der Waals surface area contributed by atoms with Crippen LogP contribution in [0.3, 0.4) is 0 Å². The van der Waals surface area contributed by atoms with Crippen molar-refractivity contribution in [1.29, 1.82) is 0 Å². The molecule has 0 spiro atoms. The highest BCUT2D eigenvalue weighted by Gasteiger charge is 2.22. The van der Waals surface area contributed by atoms with Gasteiger partial charge in [0, 0.05) is 29.3 Å². The minimum Gasteiger partial charge on any atom is -0.377 e. The van der Waals surface area contributed by atoms with Crippen molar-refractivity contribution in [3.8, 4) is 0 Å². The predicted molar refractivity (Wildman–Crippen MR) is 88.4 cm³/mol. The number of ether oxygens (including phenoxy) is 1. The number of rotatable bonds is 5. The fourth-order valence-corrected chi connectivity index (χ4v) is 3.01. The van der Waals surface area contributed by atoms with Crippen molar-refractivity contribution < 1.29 is 4.74 Å². The molecule has 1 atom stereocenters. The van der Waals surface area contributed by atoms with E-state index in [1.54, 1.807) is 0 Å². The summed E-state index contributed by atoms with van der Waals surface area (Å²) >= 11 is 3.71. The van der Waals surface area contributed by atoms with Gasteiger partial charge in [-0.15, -0.1) is 0 Å². The molecule has 112 valence electrons. The Morgan fingerprint density at radius 3 is 2.90 bits per heavy atom. The van der Waals surface area contributed by atoms with Gasteiger partial charge in [0.1, 0.15) is 0 Å². The SMILES string of the molecule is CCC1COCCN1c1ccc(CNC(C)C)c(Br)c1. The third-order valence-corrected chi connectivity index (χ3v) is 4.51. The Hall–Kier alpha value is -0.580. The zero-order valence-electron chi connectivity index (χ0n) is 12.7. The van der Waals surface area contributed by atoms with Gasteiger partial charge in [-0.2, -0.15) is 0 Å². The van der Waals surface area contributed by atoms with Crippen molar-refractivity contribution in [1.82, 2.24) is 5.32 Å². The second-order valence-corrected chi connectivity index (χ2v) is 6.50. The summed E-state index contributed by atoms with van der Waals surface area (Å²) in [6, 6.07) is 7.69. The summed E-state index contributed by atoms with van der Waals surface area (Å²) in [5.41, 5.74) is 2.60. The van der Waals surface area contributed by atoms with Crippen molar-refractivity contribution in [2.75, 3.05) is 24.7 Å². The first-order valence-corrected chi connectivity index (χ1v) is 8.27. The molecular weight excluding hydrogens is 316 g/mol. The number of benzene rings is 1. The fraction of sp³-hybridized carbons (Fsp3) is 0.625. The Kier molecular flexibility index (Phi) is 5.87. The average molecular weight is 341 g/mol. The van der Waals surface area contributed by atoms with E-state index < -0.39 is 0 Å². The van der Waals surface area contributed by atoms with Gasteiger partial charge < -0.3 is 15.0 Å². The maximum Gasteiger partial charge on any atom is 0.0670 e. The maximum absolute atomic E-state index is 5.58. The van der Waals surface area contributed by atoms with Crippen LogP contribution in [0.1, 0.15) is 32.8 Å². The van der Waals surface area contributed by atoms with Crippen molar-refractivity contribution in [2.45, 2.75) is 45.8 Å². The molecule has 0 radical (unpaired) electrons. The molecule has 0 amide bonds. The van der Waals surface area contributed by atoms with Gasteiger partial charge >= 0.3 is 0 Å². The largest absolute Gasteiger partial charge is 0.377 e. The van der Waals surface area contributed by atoms with Crippen molar-refractivity contribution in [3.05, 3.63) is 28.2 Å². The second kappa shape index (κ2) is 7.43. The smallest absolute Gasteiger partial charge is 0.0670 e. The number of halogens is 1. The molecule has 1 aliphatic rings. The minimum atomic E-state index is 0.496. The summed E-state index contributed by atoms with van der Waals surface area (Å²) in [6.07, 6.45) is 1.12. The van der Waals surface area contributed by atoms with Crippen molar-refractivity contribution in [3.63, 3.8) is 0 Å². The van der Waals surface area contributed by atoms with Gasteiger partial charge in [-0.3, -0.25) is 0 Å². The highest BCUT2D eigenvalue weighted by atomic mass is 79.9. The van der Waals surface area contributed by atoms with Gasteiger partial charge in [-0.05, 0) is 24.1 Å². The minimum absolute atomic E-state index is 0.496. The topological polar surface area (TPSA) is 24.5 Å². The molecule has 1 saturated heterocycles. The summed E-state index contributed by atoms with van der Waals surface area (Å²) in [6.45, 7) is 10.1. The number of nitrogens with zero attached hydrogens (tertiary/aromatic N) is 1. The third-order valence-electron chi connectivity index (χ3n) is 3.77. The lowest BCUT2D eigenvalue weighted by molar-refractivity contribution is 0.0930. The maximum atomic E-state index is 5.58. The van der Waals surface area contributed by atoms with Gasteiger partial charge in [-0.25, -0.2) is 0 Å². The monoisotopic (exact) mass is 340 g/mol. The lowest BCUT2D eigenvalue weighted by atomic mass is 10.1. The summed E-state index contributed by atoms with van der Waals surface area (Å²) in [5.74, 6) is 0. The van der Waals surface area contributed by atoms with E-state index in [4.69, 9.17) is 4.74 Å². The molecule has 0 aliphatic carbocycles. The first kappa shape index (κ1) is 15.8. The molecule has 4 heteroatoms. The molecule has 3 nitrogen and oxygen atoms in total. The standard InChI is InChI=1S/C16H25BrN2O/c1-4-14-11-20-8-7-19(14)15-6-5-13(16(17)9-15)10-18-12(2)3/h5-6,9,12,14,18H,4,7-8,10-11H2,1-3H3. The highest BCUT2D eigenvalue weighted by Crippen LogP contribution is 2.27. The van der Waals surface area contributed by atoms with Gasteiger partial charge in [0.2, 0.25) is 0 Å². The number of nitrogens with one attached hydrogen (secondary N) is 1. The summed E-state index contributed by atoms with van der Waals surface area (Å²) in [7, 11) is 0. The number of hydrogen-bond acceptors (Lipinski definition) is 3. The van der Waals surface area contributed by atoms with Gasteiger partial charge in [0.25, 0.3) is 0 Å². The number of hydrogen-bond donors (Lipinski definition) is 1. The van der Waals surface area contributed by atoms with Crippen LogP contribution >= 0.6 is 15.9 Å². The van der Waals surface area contributed by atoms with Crippen LogP contribution in [-0.4, -0.2) is 31.8 Å². The third kappa shape index (κ3) is 3.96. The Morgan fingerprint density at radius 2 is 2.25 bits per heavy atom. The Balaban J connectivity index is 2.11. The average Bonchev–Trinajstić information content (AvgIpc) is 2.45.